The molecule has 0 radical (unpaired) electrons. The number of H-pyrrole nitrogens is 1. The Morgan fingerprint density at radius 3 is 2.90 bits per heavy atom. The van der Waals surface area contributed by atoms with Crippen molar-refractivity contribution >= 4 is 34.4 Å². The molecule has 0 saturated carbocycles. The zero-order valence-electron chi connectivity index (χ0n) is 11.6. The summed E-state index contributed by atoms with van der Waals surface area (Å²) in [6, 6.07) is 13.8. The van der Waals surface area contributed by atoms with Crippen LogP contribution in [0.25, 0.3) is 11.0 Å². The quantitative estimate of drug-likeness (QED) is 0.679. The molecule has 3 nitrogen and oxygen atoms in total. The van der Waals surface area contributed by atoms with E-state index in [1.165, 1.54) is 0 Å². The van der Waals surface area contributed by atoms with Crippen molar-refractivity contribution in [3.8, 4) is 5.75 Å². The van der Waals surface area contributed by atoms with Crippen LogP contribution in [0.1, 0.15) is 12.5 Å². The fourth-order valence-corrected chi connectivity index (χ4v) is 3.22. The first-order chi connectivity index (χ1) is 10.3. The highest BCUT2D eigenvalue weighted by atomic mass is 35.5. The van der Waals surface area contributed by atoms with Gasteiger partial charge in [0, 0.05) is 16.8 Å². The molecule has 0 bridgehead atoms. The number of nitrogens with zero attached hydrogens (tertiary/aromatic N) is 1. The minimum atomic E-state index is 0.660. The highest BCUT2D eigenvalue weighted by Crippen LogP contribution is 2.27. The summed E-state index contributed by atoms with van der Waals surface area (Å²) < 4.78 is 5.50. The Morgan fingerprint density at radius 2 is 2.10 bits per heavy atom. The monoisotopic (exact) mass is 318 g/mol. The predicted molar refractivity (Wildman–Crippen MR) is 88.3 cm³/mol. The number of benzene rings is 2. The van der Waals surface area contributed by atoms with E-state index in [0.717, 1.165) is 38.3 Å². The second-order valence-electron chi connectivity index (χ2n) is 4.53. The van der Waals surface area contributed by atoms with Gasteiger partial charge in [0.25, 0.3) is 0 Å². The third-order valence-electron chi connectivity index (χ3n) is 3.06. The van der Waals surface area contributed by atoms with Crippen molar-refractivity contribution in [3.63, 3.8) is 0 Å². The molecule has 1 aromatic heterocycles. The third kappa shape index (κ3) is 3.34. The Labute approximate surface area is 132 Å². The summed E-state index contributed by atoms with van der Waals surface area (Å²) in [6.45, 7) is 2.63. The van der Waals surface area contributed by atoms with Gasteiger partial charge >= 0.3 is 0 Å². The molecule has 0 saturated heterocycles. The summed E-state index contributed by atoms with van der Waals surface area (Å²) in [7, 11) is 0. The number of halogens is 1. The van der Waals surface area contributed by atoms with Crippen LogP contribution in [-0.2, 0) is 5.75 Å². The highest BCUT2D eigenvalue weighted by molar-refractivity contribution is 7.98. The molecule has 1 N–H and O–H groups in total. The largest absolute Gasteiger partial charge is 0.494 e. The molecule has 0 aliphatic carbocycles. The number of thioether (sulfide) groups is 1. The second-order valence-corrected chi connectivity index (χ2v) is 5.91. The van der Waals surface area contributed by atoms with Crippen LogP contribution in [0.5, 0.6) is 5.75 Å². The van der Waals surface area contributed by atoms with E-state index < -0.39 is 0 Å². The van der Waals surface area contributed by atoms with E-state index in [4.69, 9.17) is 16.3 Å². The fourth-order valence-electron chi connectivity index (χ4n) is 2.05. The lowest BCUT2D eigenvalue weighted by Gasteiger charge is -2.01. The van der Waals surface area contributed by atoms with Crippen molar-refractivity contribution in [2.75, 3.05) is 6.61 Å². The summed E-state index contributed by atoms with van der Waals surface area (Å²) in [5.41, 5.74) is 3.04. The fraction of sp³-hybridized carbons (Fsp3) is 0.188. The number of aromatic amines is 1. The topological polar surface area (TPSA) is 37.9 Å². The number of hydrogen-bond donors (Lipinski definition) is 1. The molecular formula is C16H15ClN2OS. The number of nitrogens with one attached hydrogen (secondary N) is 1. The van der Waals surface area contributed by atoms with Crippen LogP contribution >= 0.6 is 23.4 Å². The predicted octanol–water partition coefficient (Wildman–Crippen LogP) is 4.91. The van der Waals surface area contributed by atoms with Crippen LogP contribution in [0, 0.1) is 0 Å². The van der Waals surface area contributed by atoms with Crippen molar-refractivity contribution in [1.29, 1.82) is 0 Å². The SMILES string of the molecule is CCOc1ccc2nc(SCc3ccccc3Cl)[nH]c2c1. The van der Waals surface area contributed by atoms with Crippen molar-refractivity contribution < 1.29 is 4.74 Å². The lowest BCUT2D eigenvalue weighted by molar-refractivity contribution is 0.340. The summed E-state index contributed by atoms with van der Waals surface area (Å²) in [5.74, 6) is 1.65. The van der Waals surface area contributed by atoms with E-state index in [1.54, 1.807) is 11.8 Å². The van der Waals surface area contributed by atoms with Gasteiger partial charge in [-0.2, -0.15) is 0 Å². The molecule has 21 heavy (non-hydrogen) atoms. The van der Waals surface area contributed by atoms with Gasteiger partial charge in [-0.15, -0.1) is 0 Å². The van der Waals surface area contributed by atoms with E-state index in [9.17, 15) is 0 Å². The van der Waals surface area contributed by atoms with Crippen LogP contribution in [0.3, 0.4) is 0 Å². The zero-order chi connectivity index (χ0) is 14.7. The number of fused-ring (bicyclic) bond motifs is 1. The number of ether oxygens (including phenoxy) is 1. The highest BCUT2D eigenvalue weighted by Gasteiger charge is 2.06. The Bertz CT molecular complexity index is 757. The van der Waals surface area contributed by atoms with Gasteiger partial charge in [0.1, 0.15) is 5.75 Å². The van der Waals surface area contributed by atoms with E-state index in [0.29, 0.717) is 6.61 Å². The average molecular weight is 319 g/mol. The molecule has 0 fully saturated rings. The van der Waals surface area contributed by atoms with Crippen LogP contribution in [-0.4, -0.2) is 16.6 Å². The van der Waals surface area contributed by atoms with Crippen LogP contribution in [0.15, 0.2) is 47.6 Å². The number of aromatic nitrogens is 2. The smallest absolute Gasteiger partial charge is 0.166 e. The van der Waals surface area contributed by atoms with Gasteiger partial charge in [-0.25, -0.2) is 4.98 Å². The maximum atomic E-state index is 6.16. The van der Waals surface area contributed by atoms with Gasteiger partial charge in [-0.1, -0.05) is 41.6 Å². The van der Waals surface area contributed by atoms with Crippen molar-refractivity contribution in [1.82, 2.24) is 9.97 Å². The van der Waals surface area contributed by atoms with Crippen LogP contribution < -0.4 is 4.74 Å². The molecule has 0 aliphatic heterocycles. The maximum absolute atomic E-state index is 6.16. The first-order valence-corrected chi connectivity index (χ1v) is 8.11. The summed E-state index contributed by atoms with van der Waals surface area (Å²) in [4.78, 5) is 7.88. The Hall–Kier alpha value is -1.65. The molecule has 3 rings (SSSR count). The third-order valence-corrected chi connectivity index (χ3v) is 4.36. The lowest BCUT2D eigenvalue weighted by Crippen LogP contribution is -1.90. The maximum Gasteiger partial charge on any atom is 0.166 e. The number of imidazole rings is 1. The molecule has 0 unspecified atom stereocenters. The van der Waals surface area contributed by atoms with Gasteiger partial charge in [-0.05, 0) is 30.7 Å². The standard InChI is InChI=1S/C16H15ClN2OS/c1-2-20-12-7-8-14-15(9-12)19-16(18-14)21-10-11-5-3-4-6-13(11)17/h3-9H,2,10H2,1H3,(H,18,19). The molecule has 0 spiro atoms. The Kier molecular flexibility index (Phi) is 4.36. The molecule has 0 aliphatic rings. The average Bonchev–Trinajstić information content (AvgIpc) is 2.89. The Morgan fingerprint density at radius 1 is 1.24 bits per heavy atom. The van der Waals surface area contributed by atoms with E-state index >= 15 is 0 Å². The molecule has 108 valence electrons. The van der Waals surface area contributed by atoms with E-state index in [2.05, 4.69) is 9.97 Å². The molecule has 0 amide bonds. The van der Waals surface area contributed by atoms with Gasteiger partial charge < -0.3 is 9.72 Å². The number of rotatable bonds is 5. The molecule has 5 heteroatoms. The molecule has 0 atom stereocenters. The minimum Gasteiger partial charge on any atom is -0.494 e. The van der Waals surface area contributed by atoms with Gasteiger partial charge in [0.2, 0.25) is 0 Å². The summed E-state index contributed by atoms with van der Waals surface area (Å²) in [5, 5.41) is 1.68. The Balaban J connectivity index is 1.77. The molecule has 3 aromatic rings. The molecular weight excluding hydrogens is 304 g/mol. The van der Waals surface area contributed by atoms with Crippen LogP contribution in [0.2, 0.25) is 5.02 Å². The lowest BCUT2D eigenvalue weighted by atomic mass is 10.2. The normalized spacial score (nSPS) is 11.0. The minimum absolute atomic E-state index is 0.660. The second kappa shape index (κ2) is 6.41. The summed E-state index contributed by atoms with van der Waals surface area (Å²) >= 11 is 7.80. The molecule has 1 heterocycles. The summed E-state index contributed by atoms with van der Waals surface area (Å²) in [6.07, 6.45) is 0. The van der Waals surface area contributed by atoms with Crippen molar-refractivity contribution in [2.45, 2.75) is 17.8 Å². The van der Waals surface area contributed by atoms with Crippen molar-refractivity contribution in [2.24, 2.45) is 0 Å². The van der Waals surface area contributed by atoms with Crippen molar-refractivity contribution in [3.05, 3.63) is 53.1 Å². The van der Waals surface area contributed by atoms with E-state index in [1.807, 2.05) is 49.4 Å². The number of hydrogen-bond acceptors (Lipinski definition) is 3. The molecule has 2 aromatic carbocycles. The van der Waals surface area contributed by atoms with E-state index in [-0.39, 0.29) is 0 Å². The first kappa shape index (κ1) is 14.3. The van der Waals surface area contributed by atoms with Gasteiger partial charge in [0.15, 0.2) is 5.16 Å². The van der Waals surface area contributed by atoms with Crippen LogP contribution in [0.4, 0.5) is 0 Å². The van der Waals surface area contributed by atoms with Gasteiger partial charge in [0.05, 0.1) is 17.6 Å². The zero-order valence-corrected chi connectivity index (χ0v) is 13.2. The first-order valence-electron chi connectivity index (χ1n) is 6.75. The van der Waals surface area contributed by atoms with Gasteiger partial charge in [-0.3, -0.25) is 0 Å².